The van der Waals surface area contributed by atoms with Gasteiger partial charge in [-0.2, -0.15) is 0 Å². The molecule has 2 aromatic carbocycles. The van der Waals surface area contributed by atoms with E-state index in [-0.39, 0.29) is 10.9 Å². The number of carbonyl (C=O) groups is 1. The van der Waals surface area contributed by atoms with E-state index in [4.69, 9.17) is 0 Å². The molecule has 0 saturated carbocycles. The predicted molar refractivity (Wildman–Crippen MR) is 171 cm³/mol. The molecule has 3 atom stereocenters. The summed E-state index contributed by atoms with van der Waals surface area (Å²) in [4.78, 5) is 31.1. The number of hydrogen-bond donors (Lipinski definition) is 1. The van der Waals surface area contributed by atoms with Crippen LogP contribution < -0.4 is 0 Å². The smallest absolute Gasteiger partial charge is 0.253 e. The van der Waals surface area contributed by atoms with Crippen LogP contribution in [0.5, 0.6) is 0 Å². The Morgan fingerprint density at radius 3 is 2.20 bits per heavy atom. The van der Waals surface area contributed by atoms with Gasteiger partial charge in [-0.15, -0.1) is 6.58 Å². The maximum absolute atomic E-state index is 13.1. The number of amides is 1. The Kier molecular flexibility index (Phi) is 10.3. The molecule has 0 aromatic heterocycles. The van der Waals surface area contributed by atoms with Gasteiger partial charge in [-0.05, 0) is 88.0 Å². The molecule has 0 aliphatic carbocycles. The fraction of sp³-hybridized carbons (Fsp3) is 0.559. The van der Waals surface area contributed by atoms with Crippen LogP contribution in [0.15, 0.2) is 61.2 Å². The second-order valence-corrected chi connectivity index (χ2v) is 17.5. The first-order valence-electron chi connectivity index (χ1n) is 15.0. The van der Waals surface area contributed by atoms with Crippen molar-refractivity contribution in [1.29, 1.82) is 0 Å². The summed E-state index contributed by atoms with van der Waals surface area (Å²) < 4.78 is 0. The Morgan fingerprint density at radius 1 is 1.02 bits per heavy atom. The normalized spacial score (nSPS) is 20.6. The largest absolute Gasteiger partial charge is 0.432 e. The molecule has 0 spiro atoms. The van der Waals surface area contributed by atoms with Crippen LogP contribution in [0.1, 0.15) is 75.5 Å². The van der Waals surface area contributed by atoms with E-state index in [0.717, 1.165) is 31.6 Å². The second-order valence-electron chi connectivity index (χ2n) is 13.0. The lowest BCUT2D eigenvalue weighted by atomic mass is 9.79. The highest BCUT2D eigenvalue weighted by Gasteiger charge is 2.43. The summed E-state index contributed by atoms with van der Waals surface area (Å²) in [6.07, 6.45) is 2.84. The van der Waals surface area contributed by atoms with Crippen molar-refractivity contribution in [1.82, 2.24) is 14.7 Å². The Labute approximate surface area is 245 Å². The zero-order valence-corrected chi connectivity index (χ0v) is 27.5. The SMILES string of the molecule is C=CCN1C[C@H](C)N(C(C)(c2ccc(C(=O)N(CC)CC)cc2)c2cccc(CC(C)(C)[Si](C)(C)O)c2)C[C@H]1C. The lowest BCUT2D eigenvalue weighted by Gasteiger charge is -2.52. The number of benzene rings is 2. The van der Waals surface area contributed by atoms with Gasteiger partial charge in [0.05, 0.1) is 5.54 Å². The molecule has 1 saturated heterocycles. The molecular weight excluding hydrogens is 510 g/mol. The van der Waals surface area contributed by atoms with Gasteiger partial charge < -0.3 is 9.70 Å². The molecule has 1 fully saturated rings. The molecule has 1 N–H and O–H groups in total. The molecule has 0 radical (unpaired) electrons. The van der Waals surface area contributed by atoms with E-state index in [1.807, 2.05) is 50.1 Å². The van der Waals surface area contributed by atoms with Gasteiger partial charge in [-0.25, -0.2) is 0 Å². The summed E-state index contributed by atoms with van der Waals surface area (Å²) in [6.45, 7) is 27.7. The molecule has 220 valence electrons. The van der Waals surface area contributed by atoms with E-state index >= 15 is 0 Å². The lowest BCUT2D eigenvalue weighted by Crippen LogP contribution is -2.62. The van der Waals surface area contributed by atoms with Crippen LogP contribution in [0.2, 0.25) is 18.1 Å². The monoisotopic (exact) mass is 563 g/mol. The standard InChI is InChI=1S/C34H53N3O2Si/c1-11-21-36-24-27(5)37(25-26(36)4)34(8,30-19-17-29(18-20-30)32(38)35(12-2)13-3)31-16-14-15-28(22-31)23-33(6,7)40(9,10)39/h11,14-20,22,26-27,39H,1,12-13,21,23-25H2,2-10H3/t26-,27+,34?/m1/s1. The maximum Gasteiger partial charge on any atom is 0.253 e. The summed E-state index contributed by atoms with van der Waals surface area (Å²) in [5, 5.41) is -0.146. The molecule has 2 aromatic rings. The lowest BCUT2D eigenvalue weighted by molar-refractivity contribution is -0.00691. The van der Waals surface area contributed by atoms with Crippen molar-refractivity contribution >= 4 is 14.2 Å². The predicted octanol–water partition coefficient (Wildman–Crippen LogP) is 6.53. The minimum absolute atomic E-state index is 0.0818. The molecule has 0 bridgehead atoms. The Bertz CT molecular complexity index is 1150. The first-order valence-corrected chi connectivity index (χ1v) is 18.0. The molecule has 3 rings (SSSR count). The van der Waals surface area contributed by atoms with E-state index in [1.54, 1.807) is 0 Å². The first-order chi connectivity index (χ1) is 18.7. The number of piperazine rings is 1. The number of hydrogen-bond acceptors (Lipinski definition) is 4. The van der Waals surface area contributed by atoms with Crippen molar-refractivity contribution in [3.8, 4) is 0 Å². The summed E-state index contributed by atoms with van der Waals surface area (Å²) in [7, 11) is -2.36. The van der Waals surface area contributed by atoms with Gasteiger partial charge in [-0.3, -0.25) is 14.6 Å². The number of nitrogens with zero attached hydrogens (tertiary/aromatic N) is 3. The zero-order chi connectivity index (χ0) is 29.9. The number of carbonyl (C=O) groups excluding carboxylic acids is 1. The highest BCUT2D eigenvalue weighted by molar-refractivity contribution is 6.72. The van der Waals surface area contributed by atoms with E-state index < -0.39 is 13.9 Å². The van der Waals surface area contributed by atoms with Crippen LogP contribution in [0, 0.1) is 0 Å². The molecule has 40 heavy (non-hydrogen) atoms. The van der Waals surface area contributed by atoms with E-state index in [2.05, 4.69) is 87.4 Å². The van der Waals surface area contributed by atoms with Gasteiger partial charge in [0, 0.05) is 50.4 Å². The van der Waals surface area contributed by atoms with E-state index in [0.29, 0.717) is 25.2 Å². The summed E-state index contributed by atoms with van der Waals surface area (Å²) in [5.74, 6) is 0.0818. The van der Waals surface area contributed by atoms with Crippen LogP contribution >= 0.6 is 0 Å². The molecule has 1 aliphatic heterocycles. The van der Waals surface area contributed by atoms with Crippen molar-refractivity contribution in [2.24, 2.45) is 0 Å². The minimum atomic E-state index is -2.36. The van der Waals surface area contributed by atoms with Gasteiger partial charge in [0.1, 0.15) is 0 Å². The van der Waals surface area contributed by atoms with Crippen molar-refractivity contribution in [3.05, 3.63) is 83.4 Å². The van der Waals surface area contributed by atoms with Gasteiger partial charge in [0.25, 0.3) is 5.91 Å². The van der Waals surface area contributed by atoms with E-state index in [1.165, 1.54) is 16.7 Å². The third-order valence-electron chi connectivity index (χ3n) is 9.59. The topological polar surface area (TPSA) is 47.0 Å². The second kappa shape index (κ2) is 12.7. The third-order valence-corrected chi connectivity index (χ3v) is 13.1. The third kappa shape index (κ3) is 6.62. The summed E-state index contributed by atoms with van der Waals surface area (Å²) >= 11 is 0. The van der Waals surface area contributed by atoms with Gasteiger partial charge >= 0.3 is 0 Å². The molecule has 5 nitrogen and oxygen atoms in total. The highest BCUT2D eigenvalue weighted by atomic mass is 28.4. The molecule has 6 heteroatoms. The summed E-state index contributed by atoms with van der Waals surface area (Å²) in [5.41, 5.74) is 4.03. The fourth-order valence-electron chi connectivity index (χ4n) is 6.08. The number of rotatable bonds is 11. The first kappa shape index (κ1) is 32.3. The zero-order valence-electron chi connectivity index (χ0n) is 26.5. The van der Waals surface area contributed by atoms with E-state index in [9.17, 15) is 9.59 Å². The maximum atomic E-state index is 13.1. The summed E-state index contributed by atoms with van der Waals surface area (Å²) in [6, 6.07) is 18.0. The molecular formula is C34H53N3O2Si. The average molecular weight is 564 g/mol. The van der Waals surface area contributed by atoms with Crippen molar-refractivity contribution in [3.63, 3.8) is 0 Å². The Morgan fingerprint density at radius 2 is 1.65 bits per heavy atom. The van der Waals surface area contributed by atoms with Crippen LogP contribution in [-0.4, -0.2) is 78.5 Å². The highest BCUT2D eigenvalue weighted by Crippen LogP contribution is 2.42. The Balaban J connectivity index is 2.10. The van der Waals surface area contributed by atoms with Gasteiger partial charge in [0.15, 0.2) is 8.32 Å². The Hall–Kier alpha value is -2.25. The minimum Gasteiger partial charge on any atom is -0.432 e. The van der Waals surface area contributed by atoms with Gasteiger partial charge in [0.2, 0.25) is 0 Å². The molecule has 1 amide bonds. The van der Waals surface area contributed by atoms with Crippen molar-refractivity contribution < 1.29 is 9.59 Å². The van der Waals surface area contributed by atoms with Gasteiger partial charge in [-0.1, -0.05) is 56.3 Å². The molecule has 1 unspecified atom stereocenters. The fourth-order valence-corrected chi connectivity index (χ4v) is 6.72. The van der Waals surface area contributed by atoms with Crippen LogP contribution in [0.25, 0.3) is 0 Å². The quantitative estimate of drug-likeness (QED) is 0.249. The van der Waals surface area contributed by atoms with Crippen molar-refractivity contribution in [2.45, 2.75) is 90.6 Å². The average Bonchev–Trinajstić information content (AvgIpc) is 2.90. The van der Waals surface area contributed by atoms with Crippen LogP contribution in [-0.2, 0) is 12.0 Å². The molecule has 1 heterocycles. The molecule has 1 aliphatic rings. The van der Waals surface area contributed by atoms with Crippen molar-refractivity contribution in [2.75, 3.05) is 32.7 Å². The van der Waals surface area contributed by atoms with Crippen LogP contribution in [0.3, 0.4) is 0 Å². The van der Waals surface area contributed by atoms with Crippen LogP contribution in [0.4, 0.5) is 0 Å².